The van der Waals surface area contributed by atoms with Crippen molar-refractivity contribution in [2.45, 2.75) is 39.2 Å². The highest BCUT2D eigenvalue weighted by atomic mass is 16.5. The summed E-state index contributed by atoms with van der Waals surface area (Å²) >= 11 is 0. The molecule has 0 bridgehead atoms. The summed E-state index contributed by atoms with van der Waals surface area (Å²) in [5, 5.41) is 19.5. The van der Waals surface area contributed by atoms with Crippen molar-refractivity contribution in [3.8, 4) is 0 Å². The van der Waals surface area contributed by atoms with Crippen LogP contribution in [-0.4, -0.2) is 38.5 Å². The fourth-order valence-electron chi connectivity index (χ4n) is 2.58. The Kier molecular flexibility index (Phi) is 3.29. The average molecular weight is 262 g/mol. The number of nitrogens with one attached hydrogen (secondary N) is 1. The lowest BCUT2D eigenvalue weighted by Crippen LogP contribution is -2.30. The van der Waals surface area contributed by atoms with Crippen LogP contribution in [0.3, 0.4) is 0 Å². The summed E-state index contributed by atoms with van der Waals surface area (Å²) in [5.41, 5.74) is 2.00. The third-order valence-electron chi connectivity index (χ3n) is 3.73. The minimum atomic E-state index is 0.395. The van der Waals surface area contributed by atoms with Crippen LogP contribution in [0.5, 0.6) is 0 Å². The van der Waals surface area contributed by atoms with Crippen molar-refractivity contribution in [3.63, 3.8) is 0 Å². The van der Waals surface area contributed by atoms with Crippen molar-refractivity contribution in [3.05, 3.63) is 22.8 Å². The Bertz CT molecular complexity index is 535. The second kappa shape index (κ2) is 5.08. The van der Waals surface area contributed by atoms with E-state index in [4.69, 9.17) is 4.52 Å². The molecular weight excluding hydrogens is 244 g/mol. The Morgan fingerprint density at radius 1 is 1.32 bits per heavy atom. The molecule has 7 nitrogen and oxygen atoms in total. The second-order valence-corrected chi connectivity index (χ2v) is 5.00. The topological polar surface area (TPSA) is 81.7 Å². The van der Waals surface area contributed by atoms with Gasteiger partial charge in [0.2, 0.25) is 0 Å². The van der Waals surface area contributed by atoms with Gasteiger partial charge < -0.3 is 9.84 Å². The summed E-state index contributed by atoms with van der Waals surface area (Å²) in [4.78, 5) is 0. The first-order valence-corrected chi connectivity index (χ1v) is 6.65. The second-order valence-electron chi connectivity index (χ2n) is 5.00. The zero-order valence-corrected chi connectivity index (χ0v) is 11.3. The molecule has 0 saturated carbocycles. The van der Waals surface area contributed by atoms with Crippen LogP contribution in [0, 0.1) is 13.8 Å². The molecule has 0 atom stereocenters. The molecule has 0 aromatic carbocycles. The Labute approximate surface area is 111 Å². The fourth-order valence-corrected chi connectivity index (χ4v) is 2.58. The molecule has 0 amide bonds. The van der Waals surface area contributed by atoms with Crippen LogP contribution in [0.2, 0.25) is 0 Å². The molecule has 2 aromatic heterocycles. The normalized spacial score (nSPS) is 16.9. The van der Waals surface area contributed by atoms with Crippen LogP contribution < -0.4 is 5.32 Å². The third kappa shape index (κ3) is 2.37. The molecule has 3 rings (SSSR count). The molecule has 0 radical (unpaired) electrons. The van der Waals surface area contributed by atoms with E-state index in [-0.39, 0.29) is 0 Å². The molecule has 1 fully saturated rings. The van der Waals surface area contributed by atoms with E-state index in [0.29, 0.717) is 12.5 Å². The lowest BCUT2D eigenvalue weighted by Gasteiger charge is -2.23. The Morgan fingerprint density at radius 3 is 2.79 bits per heavy atom. The zero-order chi connectivity index (χ0) is 13.2. The van der Waals surface area contributed by atoms with Crippen LogP contribution in [-0.2, 0) is 6.42 Å². The Morgan fingerprint density at radius 2 is 2.11 bits per heavy atom. The van der Waals surface area contributed by atoms with Gasteiger partial charge in [0, 0.05) is 12.0 Å². The maximum Gasteiger partial charge on any atom is 0.156 e. The average Bonchev–Trinajstić information content (AvgIpc) is 3.02. The van der Waals surface area contributed by atoms with Crippen molar-refractivity contribution in [1.29, 1.82) is 0 Å². The smallest absolute Gasteiger partial charge is 0.156 e. The van der Waals surface area contributed by atoms with Crippen molar-refractivity contribution in [2.24, 2.45) is 0 Å². The van der Waals surface area contributed by atoms with Gasteiger partial charge in [-0.15, -0.1) is 5.10 Å². The standard InChI is InChI=1S/C12H18N6O/c1-8-11(9(2)19-15-8)7-12-14-16-17-18(12)10-3-5-13-6-4-10/h10,13H,3-7H2,1-2H3. The first-order valence-electron chi connectivity index (χ1n) is 6.65. The number of rotatable bonds is 3. The van der Waals surface area contributed by atoms with Gasteiger partial charge in [0.15, 0.2) is 5.82 Å². The van der Waals surface area contributed by atoms with Crippen LogP contribution in [0.25, 0.3) is 0 Å². The van der Waals surface area contributed by atoms with Crippen molar-refractivity contribution in [1.82, 2.24) is 30.7 Å². The molecule has 0 spiro atoms. The first kappa shape index (κ1) is 12.3. The van der Waals surface area contributed by atoms with Gasteiger partial charge >= 0.3 is 0 Å². The van der Waals surface area contributed by atoms with E-state index in [1.54, 1.807) is 0 Å². The first-order chi connectivity index (χ1) is 9.25. The van der Waals surface area contributed by atoms with E-state index < -0.39 is 0 Å². The van der Waals surface area contributed by atoms with Gasteiger partial charge in [-0.25, -0.2) is 4.68 Å². The van der Waals surface area contributed by atoms with Gasteiger partial charge in [-0.2, -0.15) is 0 Å². The van der Waals surface area contributed by atoms with Crippen molar-refractivity contribution in [2.75, 3.05) is 13.1 Å². The fraction of sp³-hybridized carbons (Fsp3) is 0.667. The van der Waals surface area contributed by atoms with Crippen LogP contribution >= 0.6 is 0 Å². The maximum absolute atomic E-state index is 5.19. The number of hydrogen-bond acceptors (Lipinski definition) is 6. The molecule has 19 heavy (non-hydrogen) atoms. The molecule has 2 aromatic rings. The van der Waals surface area contributed by atoms with Crippen LogP contribution in [0.15, 0.2) is 4.52 Å². The van der Waals surface area contributed by atoms with Gasteiger partial charge in [-0.05, 0) is 50.2 Å². The van der Waals surface area contributed by atoms with Gasteiger partial charge in [-0.3, -0.25) is 0 Å². The van der Waals surface area contributed by atoms with Crippen molar-refractivity contribution >= 4 is 0 Å². The molecule has 3 heterocycles. The van der Waals surface area contributed by atoms with E-state index in [1.165, 1.54) is 0 Å². The van der Waals surface area contributed by atoms with Crippen molar-refractivity contribution < 1.29 is 4.52 Å². The van der Waals surface area contributed by atoms with E-state index in [2.05, 4.69) is 26.0 Å². The van der Waals surface area contributed by atoms with E-state index in [1.807, 2.05) is 18.5 Å². The highest BCUT2D eigenvalue weighted by Gasteiger charge is 2.21. The lowest BCUT2D eigenvalue weighted by molar-refractivity contribution is 0.330. The van der Waals surface area contributed by atoms with E-state index in [0.717, 1.165) is 48.8 Å². The summed E-state index contributed by atoms with van der Waals surface area (Å²) in [7, 11) is 0. The maximum atomic E-state index is 5.19. The molecule has 1 aliphatic heterocycles. The van der Waals surface area contributed by atoms with E-state index >= 15 is 0 Å². The Hall–Kier alpha value is -1.76. The summed E-state index contributed by atoms with van der Waals surface area (Å²) in [6, 6.07) is 0.395. The predicted octanol–water partition coefficient (Wildman–Crippen LogP) is 0.793. The number of tetrazole rings is 1. The summed E-state index contributed by atoms with van der Waals surface area (Å²) < 4.78 is 7.16. The minimum Gasteiger partial charge on any atom is -0.361 e. The molecule has 1 N–H and O–H groups in total. The zero-order valence-electron chi connectivity index (χ0n) is 11.3. The van der Waals surface area contributed by atoms with Crippen LogP contribution in [0.1, 0.15) is 41.7 Å². The number of nitrogens with zero attached hydrogens (tertiary/aromatic N) is 5. The molecule has 1 saturated heterocycles. The summed E-state index contributed by atoms with van der Waals surface area (Å²) in [5.74, 6) is 1.73. The monoisotopic (exact) mass is 262 g/mol. The third-order valence-corrected chi connectivity index (χ3v) is 3.73. The van der Waals surface area contributed by atoms with Gasteiger partial charge in [-0.1, -0.05) is 5.16 Å². The molecule has 102 valence electrons. The van der Waals surface area contributed by atoms with Gasteiger partial charge in [0.25, 0.3) is 0 Å². The molecule has 0 aliphatic carbocycles. The number of piperidine rings is 1. The molecule has 7 heteroatoms. The molecular formula is C12H18N6O. The number of aromatic nitrogens is 5. The lowest BCUT2D eigenvalue weighted by atomic mass is 10.1. The minimum absolute atomic E-state index is 0.395. The SMILES string of the molecule is Cc1noc(C)c1Cc1nnnn1C1CCNCC1. The number of hydrogen-bond donors (Lipinski definition) is 1. The quantitative estimate of drug-likeness (QED) is 0.880. The highest BCUT2D eigenvalue weighted by Crippen LogP contribution is 2.21. The predicted molar refractivity (Wildman–Crippen MR) is 67.7 cm³/mol. The van der Waals surface area contributed by atoms with Crippen LogP contribution in [0.4, 0.5) is 0 Å². The summed E-state index contributed by atoms with van der Waals surface area (Å²) in [6.07, 6.45) is 2.82. The Balaban J connectivity index is 1.84. The van der Waals surface area contributed by atoms with Gasteiger partial charge in [0.05, 0.1) is 11.7 Å². The number of aryl methyl sites for hydroxylation is 2. The van der Waals surface area contributed by atoms with Gasteiger partial charge in [0.1, 0.15) is 5.76 Å². The largest absolute Gasteiger partial charge is 0.361 e. The molecule has 1 aliphatic rings. The highest BCUT2D eigenvalue weighted by molar-refractivity contribution is 5.24. The summed E-state index contributed by atoms with van der Waals surface area (Å²) in [6.45, 7) is 5.92. The van der Waals surface area contributed by atoms with E-state index in [9.17, 15) is 0 Å². The molecule has 0 unspecified atom stereocenters.